The van der Waals surface area contributed by atoms with E-state index < -0.39 is 0 Å². The van der Waals surface area contributed by atoms with Gasteiger partial charge in [-0.15, -0.1) is 0 Å². The first kappa shape index (κ1) is 29.3. The van der Waals surface area contributed by atoms with Gasteiger partial charge in [-0.05, 0) is 225 Å². The third-order valence-electron chi connectivity index (χ3n) is 18.3. The molecule has 16 aliphatic rings. The van der Waals surface area contributed by atoms with E-state index in [4.69, 9.17) is 21.6 Å². The molecule has 0 aromatic rings. The normalized spacial score (nSPS) is 58.0. The number of hydrogen-bond acceptors (Lipinski definition) is 3. The smallest absolute Gasteiger partial charge is 0.219 e. The number of aliphatic imine (C=N–C) groups is 2. The van der Waals surface area contributed by atoms with Gasteiger partial charge >= 0.3 is 0 Å². The topological polar surface area (TPSA) is 83.2 Å². The van der Waals surface area contributed by atoms with Gasteiger partial charge in [-0.2, -0.15) is 0 Å². The Balaban J connectivity index is 1.02. The number of guanidine groups is 2. The average Bonchev–Trinajstić information content (AvgIpc) is 2.97. The van der Waals surface area contributed by atoms with Gasteiger partial charge < -0.3 is 10.6 Å². The van der Waals surface area contributed by atoms with Gasteiger partial charge in [0.2, 0.25) is 11.9 Å². The minimum absolute atomic E-state index is 0.0223. The van der Waals surface area contributed by atoms with E-state index in [9.17, 15) is 0 Å². The van der Waals surface area contributed by atoms with Crippen LogP contribution in [0, 0.1) is 71.0 Å². The highest BCUT2D eigenvalue weighted by Crippen LogP contribution is 2.65. The van der Waals surface area contributed by atoms with Crippen molar-refractivity contribution in [2.75, 3.05) is 0 Å². The monoisotopic (exact) mass is 653 g/mol. The standard InChI is InChI=1S/C42H64N6/c43-37(45-39-13-25-1-26(14-39)3-27(2-25)15-39)47(44)38(46-40-16-28-4-29(17-40)6-30(5-28)18-40)48(41-19-31-7-32(20-41)9-33(8-31)21-41)42-22-34-10-35(23-42)12-36(11-34)24-42/h25-36H,1-24,44H2,(H2,43,45). The van der Waals surface area contributed by atoms with Gasteiger partial charge in [0.05, 0.1) is 11.1 Å². The van der Waals surface area contributed by atoms with Crippen LogP contribution in [0.5, 0.6) is 0 Å². The fraction of sp³-hybridized carbons (Fsp3) is 0.952. The molecule has 4 N–H and O–H groups in total. The molecule has 0 saturated heterocycles. The lowest BCUT2D eigenvalue weighted by atomic mass is 9.48. The Morgan fingerprint density at radius 2 is 0.646 bits per heavy atom. The summed E-state index contributed by atoms with van der Waals surface area (Å²) in [5.74, 6) is 20.0. The summed E-state index contributed by atoms with van der Waals surface area (Å²) in [4.78, 5) is 15.0. The number of nitrogens with two attached hydrogens (primary N) is 2. The minimum atomic E-state index is 0.0223. The Morgan fingerprint density at radius 3 is 0.938 bits per heavy atom. The van der Waals surface area contributed by atoms with Crippen molar-refractivity contribution in [1.29, 1.82) is 0 Å². The van der Waals surface area contributed by atoms with E-state index in [0.717, 1.165) is 77.0 Å². The fourth-order valence-corrected chi connectivity index (χ4v) is 18.8. The van der Waals surface area contributed by atoms with Crippen molar-refractivity contribution in [3.63, 3.8) is 0 Å². The number of rotatable bonds is 4. The molecular formula is C42H64N6. The van der Waals surface area contributed by atoms with Gasteiger partial charge in [-0.1, -0.05) is 0 Å². The van der Waals surface area contributed by atoms with Gasteiger partial charge in [0.15, 0.2) is 0 Å². The van der Waals surface area contributed by atoms with Crippen molar-refractivity contribution in [3.8, 4) is 0 Å². The molecule has 262 valence electrons. The summed E-state index contributed by atoms with van der Waals surface area (Å²) in [5.41, 5.74) is 7.87. The Bertz CT molecular complexity index is 1240. The Labute approximate surface area is 290 Å². The predicted octanol–water partition coefficient (Wildman–Crippen LogP) is 8.01. The van der Waals surface area contributed by atoms with Crippen LogP contribution in [0.15, 0.2) is 9.98 Å². The molecule has 0 aromatic heterocycles. The zero-order chi connectivity index (χ0) is 31.6. The van der Waals surface area contributed by atoms with Crippen molar-refractivity contribution >= 4 is 11.9 Å². The highest BCUT2D eigenvalue weighted by atomic mass is 15.6. The lowest BCUT2D eigenvalue weighted by Crippen LogP contribution is -2.75. The first-order valence-electron chi connectivity index (χ1n) is 21.5. The maximum Gasteiger partial charge on any atom is 0.219 e. The molecule has 16 saturated carbocycles. The van der Waals surface area contributed by atoms with E-state index in [1.54, 1.807) is 0 Å². The van der Waals surface area contributed by atoms with Crippen LogP contribution in [0.4, 0.5) is 0 Å². The summed E-state index contributed by atoms with van der Waals surface area (Å²) in [6, 6.07) is 0. The van der Waals surface area contributed by atoms with Gasteiger partial charge in [-0.25, -0.2) is 20.8 Å². The summed E-state index contributed by atoms with van der Waals surface area (Å²) < 4.78 is 0. The third kappa shape index (κ3) is 4.31. The van der Waals surface area contributed by atoms with Crippen molar-refractivity contribution in [2.24, 2.45) is 92.6 Å². The quantitative estimate of drug-likeness (QED) is 0.140. The first-order chi connectivity index (χ1) is 23.2. The summed E-state index contributed by atoms with van der Waals surface area (Å²) in [7, 11) is 0. The summed E-state index contributed by atoms with van der Waals surface area (Å²) in [6.45, 7) is 0. The zero-order valence-corrected chi connectivity index (χ0v) is 29.8. The van der Waals surface area contributed by atoms with E-state index in [-0.39, 0.29) is 22.2 Å². The molecule has 0 unspecified atom stereocenters. The molecule has 6 heteroatoms. The zero-order valence-electron chi connectivity index (χ0n) is 29.8. The van der Waals surface area contributed by atoms with Gasteiger partial charge in [0.1, 0.15) is 0 Å². The van der Waals surface area contributed by atoms with E-state index in [1.807, 2.05) is 5.01 Å². The molecule has 0 radical (unpaired) electrons. The van der Waals surface area contributed by atoms with Crippen LogP contribution in [0.25, 0.3) is 0 Å². The van der Waals surface area contributed by atoms with E-state index in [1.165, 1.54) is 154 Å². The van der Waals surface area contributed by atoms with Crippen LogP contribution < -0.4 is 11.6 Å². The second kappa shape index (κ2) is 9.77. The van der Waals surface area contributed by atoms with Crippen LogP contribution in [0.3, 0.4) is 0 Å². The van der Waals surface area contributed by atoms with Gasteiger partial charge in [0.25, 0.3) is 0 Å². The molecule has 0 amide bonds. The lowest BCUT2D eigenvalue weighted by Gasteiger charge is -2.70. The van der Waals surface area contributed by atoms with Crippen molar-refractivity contribution in [3.05, 3.63) is 0 Å². The second-order valence-corrected chi connectivity index (χ2v) is 22.2. The molecule has 0 atom stereocenters. The number of hydrogen-bond donors (Lipinski definition) is 2. The maximum absolute atomic E-state index is 7.66. The summed E-state index contributed by atoms with van der Waals surface area (Å²) in [6.07, 6.45) is 33.4. The Morgan fingerprint density at radius 1 is 0.396 bits per heavy atom. The minimum Gasteiger partial charge on any atom is -0.368 e. The van der Waals surface area contributed by atoms with Gasteiger partial charge in [-0.3, -0.25) is 0 Å². The SMILES string of the molecule is NC(=NC12CC3CC(CC(C3)C1)C2)N(N)C(=NC12CC3CC(CC(C3)C1)C2)N(C12CC3CC(CC(C3)C1)C2)C12CC3CC(CC(C3)C1)C2. The third-order valence-corrected chi connectivity index (χ3v) is 18.3. The molecule has 16 aliphatic carbocycles. The van der Waals surface area contributed by atoms with Crippen LogP contribution >= 0.6 is 0 Å². The molecule has 6 nitrogen and oxygen atoms in total. The molecule has 0 aromatic carbocycles. The van der Waals surface area contributed by atoms with Crippen LogP contribution in [0.2, 0.25) is 0 Å². The van der Waals surface area contributed by atoms with Crippen molar-refractivity contribution in [1.82, 2.24) is 9.91 Å². The van der Waals surface area contributed by atoms with E-state index in [0.29, 0.717) is 5.96 Å². The first-order valence-corrected chi connectivity index (χ1v) is 21.5. The molecule has 48 heavy (non-hydrogen) atoms. The predicted molar refractivity (Wildman–Crippen MR) is 191 cm³/mol. The molecule has 0 aliphatic heterocycles. The molecule has 0 heterocycles. The molecule has 16 rings (SSSR count). The average molecular weight is 653 g/mol. The summed E-state index contributed by atoms with van der Waals surface area (Å²) in [5, 5.41) is 1.99. The largest absolute Gasteiger partial charge is 0.368 e. The summed E-state index contributed by atoms with van der Waals surface area (Å²) >= 11 is 0. The molecule has 0 spiro atoms. The second-order valence-electron chi connectivity index (χ2n) is 22.2. The highest BCUT2D eigenvalue weighted by molar-refractivity contribution is 5.98. The molecular weight excluding hydrogens is 589 g/mol. The Kier molecular flexibility index (Phi) is 5.96. The number of nitrogens with zero attached hydrogens (tertiary/aromatic N) is 4. The maximum atomic E-state index is 7.66. The Hall–Kier alpha value is -1.30. The fourth-order valence-electron chi connectivity index (χ4n) is 18.8. The molecule has 16 fully saturated rings. The van der Waals surface area contributed by atoms with Crippen LogP contribution in [-0.4, -0.2) is 44.0 Å². The van der Waals surface area contributed by atoms with Crippen LogP contribution in [0.1, 0.15) is 154 Å². The van der Waals surface area contributed by atoms with E-state index in [2.05, 4.69) is 4.90 Å². The molecule has 16 bridgehead atoms. The van der Waals surface area contributed by atoms with Crippen LogP contribution in [-0.2, 0) is 0 Å². The highest BCUT2D eigenvalue weighted by Gasteiger charge is 2.64. The lowest BCUT2D eigenvalue weighted by molar-refractivity contribution is -0.149. The van der Waals surface area contributed by atoms with Crippen molar-refractivity contribution < 1.29 is 0 Å². The number of hydrazine groups is 1. The van der Waals surface area contributed by atoms with E-state index >= 15 is 0 Å². The van der Waals surface area contributed by atoms with Gasteiger partial charge in [0, 0.05) is 11.1 Å². The van der Waals surface area contributed by atoms with Crippen molar-refractivity contribution in [2.45, 2.75) is 176 Å².